The van der Waals surface area contributed by atoms with Crippen LogP contribution in [0, 0.1) is 0 Å². The van der Waals surface area contributed by atoms with Gasteiger partial charge >= 0.3 is 0 Å². The summed E-state index contributed by atoms with van der Waals surface area (Å²) in [4.78, 5) is 2.46. The Bertz CT molecular complexity index is 5040. The average molecular weight is 1060 g/mol. The van der Waals surface area contributed by atoms with Crippen LogP contribution in [0.25, 0.3) is 99.5 Å². The van der Waals surface area contributed by atoms with E-state index in [1.807, 2.05) is 0 Å². The van der Waals surface area contributed by atoms with Crippen molar-refractivity contribution >= 4 is 60.9 Å². The molecule has 0 saturated carbocycles. The van der Waals surface area contributed by atoms with Crippen LogP contribution < -0.4 is 4.90 Å². The number of para-hydroxylation sites is 1. The quantitative estimate of drug-likeness (QED) is 0.159. The minimum absolute atomic E-state index is 0.524. The second-order valence-electron chi connectivity index (χ2n) is 22.5. The van der Waals surface area contributed by atoms with E-state index < -0.39 is 10.8 Å². The molecule has 0 radical (unpaired) electrons. The molecule has 83 heavy (non-hydrogen) atoms. The first kappa shape index (κ1) is 46.1. The number of benzene rings is 13. The molecule has 0 atom stereocenters. The van der Waals surface area contributed by atoms with Crippen molar-refractivity contribution in [2.24, 2.45) is 0 Å². The number of fused-ring (bicyclic) bond motifs is 19. The maximum Gasteiger partial charge on any atom is 0.144 e. The third-order valence-electron chi connectivity index (χ3n) is 18.6. The number of furan rings is 2. The van der Waals surface area contributed by atoms with Crippen molar-refractivity contribution in [3.05, 3.63) is 342 Å². The summed E-state index contributed by atoms with van der Waals surface area (Å²) in [6.45, 7) is 0. The van der Waals surface area contributed by atoms with E-state index in [1.165, 1.54) is 83.5 Å². The standard InChI is InChI=1S/C80H49NO2/c1-4-21-50(22-5-1)51-39-42-55(43-40-51)81(56-44-46-62-60-30-13-18-35-68(60)80(70(62)48-56)66-33-16-11-27-57(66)58-28-12-17-34-67(58)80)71-36-20-38-73-76(71)64-49-74-77(63-31-14-19-37-72(63)82-74)75(78(64)83-73)52-41-45-61-59-29-10-15-32-65(59)79(69(61)47-52,53-23-6-2-7-24-53)54-25-8-3-9-26-54/h1-49H. The van der Waals surface area contributed by atoms with Crippen molar-refractivity contribution in [2.45, 2.75) is 10.8 Å². The van der Waals surface area contributed by atoms with E-state index in [9.17, 15) is 0 Å². The van der Waals surface area contributed by atoms with E-state index in [0.29, 0.717) is 0 Å². The molecule has 1 spiro atoms. The number of nitrogens with zero attached hydrogens (tertiary/aromatic N) is 1. The Hall–Kier alpha value is -10.7. The SMILES string of the molecule is c1ccc(-c2ccc(N(c3ccc4c(c3)C3(c5ccccc5-c5ccccc53)c3ccccc3-4)c3cccc4oc5c(-c6ccc7c(c6)C(c6ccccc6)(c6ccccc6)c6ccccc6-7)c6c(cc5c34)oc3ccccc36)cc2)cc1. The summed E-state index contributed by atoms with van der Waals surface area (Å²) >= 11 is 0. The van der Waals surface area contributed by atoms with Gasteiger partial charge in [0.2, 0.25) is 0 Å². The molecule has 2 aromatic heterocycles. The molecule has 0 unspecified atom stereocenters. The molecule has 3 nitrogen and oxygen atoms in total. The molecule has 18 rings (SSSR count). The van der Waals surface area contributed by atoms with E-state index in [0.717, 1.165) is 77.6 Å². The number of rotatable bonds is 7. The van der Waals surface area contributed by atoms with Crippen LogP contribution in [0.3, 0.4) is 0 Å². The van der Waals surface area contributed by atoms with E-state index in [-0.39, 0.29) is 0 Å². The molecule has 0 saturated heterocycles. The molecule has 3 aliphatic rings. The molecule has 0 aliphatic heterocycles. The van der Waals surface area contributed by atoms with Gasteiger partial charge in [0.1, 0.15) is 22.3 Å². The van der Waals surface area contributed by atoms with E-state index in [2.05, 4.69) is 302 Å². The highest BCUT2D eigenvalue weighted by Gasteiger charge is 2.52. The fourth-order valence-electron chi connectivity index (χ4n) is 15.3. The van der Waals surface area contributed by atoms with Crippen LogP contribution in [-0.4, -0.2) is 0 Å². The maximum atomic E-state index is 7.51. The lowest BCUT2D eigenvalue weighted by atomic mass is 9.67. The lowest BCUT2D eigenvalue weighted by molar-refractivity contribution is 0.664. The Morgan fingerprint density at radius 1 is 0.265 bits per heavy atom. The van der Waals surface area contributed by atoms with Crippen LogP contribution in [0.5, 0.6) is 0 Å². The van der Waals surface area contributed by atoms with Gasteiger partial charge in [-0.25, -0.2) is 0 Å². The number of anilines is 3. The molecule has 0 amide bonds. The third kappa shape index (κ3) is 6.23. The molecule has 3 aliphatic carbocycles. The summed E-state index contributed by atoms with van der Waals surface area (Å²) in [5.41, 5.74) is 27.3. The average Bonchev–Trinajstić information content (AvgIpc) is 1.81. The van der Waals surface area contributed by atoms with Gasteiger partial charge in [0, 0.05) is 33.1 Å². The van der Waals surface area contributed by atoms with Crippen LogP contribution in [0.1, 0.15) is 44.5 Å². The minimum atomic E-state index is -0.591. The van der Waals surface area contributed by atoms with Gasteiger partial charge in [-0.15, -0.1) is 0 Å². The van der Waals surface area contributed by atoms with E-state index in [1.54, 1.807) is 0 Å². The first-order chi connectivity index (χ1) is 41.2. The fourth-order valence-corrected chi connectivity index (χ4v) is 15.3. The summed E-state index contributed by atoms with van der Waals surface area (Å²) < 4.78 is 14.5. The monoisotopic (exact) mass is 1060 g/mol. The lowest BCUT2D eigenvalue weighted by Gasteiger charge is -2.34. The van der Waals surface area contributed by atoms with Crippen molar-refractivity contribution in [3.8, 4) is 55.6 Å². The molecule has 13 aromatic carbocycles. The Labute approximate surface area is 480 Å². The highest BCUT2D eigenvalue weighted by molar-refractivity contribution is 6.26. The molecule has 0 N–H and O–H groups in total. The smallest absolute Gasteiger partial charge is 0.144 e. The van der Waals surface area contributed by atoms with Crippen molar-refractivity contribution in [1.82, 2.24) is 0 Å². The van der Waals surface area contributed by atoms with Gasteiger partial charge < -0.3 is 13.7 Å². The molecular weight excluding hydrogens is 1010 g/mol. The van der Waals surface area contributed by atoms with Gasteiger partial charge in [-0.05, 0) is 149 Å². The first-order valence-electron chi connectivity index (χ1n) is 28.7. The second-order valence-corrected chi connectivity index (χ2v) is 22.5. The largest absolute Gasteiger partial charge is 0.456 e. The third-order valence-corrected chi connectivity index (χ3v) is 18.6. The van der Waals surface area contributed by atoms with Gasteiger partial charge in [-0.3, -0.25) is 0 Å². The van der Waals surface area contributed by atoms with Gasteiger partial charge in [0.25, 0.3) is 0 Å². The number of hydrogen-bond acceptors (Lipinski definition) is 3. The van der Waals surface area contributed by atoms with Crippen LogP contribution >= 0.6 is 0 Å². The lowest BCUT2D eigenvalue weighted by Crippen LogP contribution is -2.28. The van der Waals surface area contributed by atoms with Gasteiger partial charge in [0.05, 0.1) is 21.9 Å². The summed E-state index contributed by atoms with van der Waals surface area (Å²) in [6.07, 6.45) is 0. The molecule has 386 valence electrons. The predicted octanol–water partition coefficient (Wildman–Crippen LogP) is 21.0. The minimum Gasteiger partial charge on any atom is -0.456 e. The zero-order valence-corrected chi connectivity index (χ0v) is 45.1. The Balaban J connectivity index is 0.912. The van der Waals surface area contributed by atoms with Crippen LogP contribution in [0.2, 0.25) is 0 Å². The predicted molar refractivity (Wildman–Crippen MR) is 340 cm³/mol. The van der Waals surface area contributed by atoms with Crippen LogP contribution in [-0.2, 0) is 10.8 Å². The van der Waals surface area contributed by atoms with Crippen molar-refractivity contribution < 1.29 is 8.83 Å². The topological polar surface area (TPSA) is 29.5 Å². The van der Waals surface area contributed by atoms with E-state index in [4.69, 9.17) is 8.83 Å². The van der Waals surface area contributed by atoms with Gasteiger partial charge in [-0.1, -0.05) is 243 Å². The Morgan fingerprint density at radius 2 is 0.735 bits per heavy atom. The van der Waals surface area contributed by atoms with Crippen molar-refractivity contribution in [3.63, 3.8) is 0 Å². The summed E-state index contributed by atoms with van der Waals surface area (Å²) in [5, 5.41) is 4.06. The zero-order valence-electron chi connectivity index (χ0n) is 45.1. The molecule has 2 heterocycles. The first-order valence-corrected chi connectivity index (χ1v) is 28.7. The molecule has 0 bridgehead atoms. The zero-order chi connectivity index (χ0) is 54.4. The molecule has 15 aromatic rings. The van der Waals surface area contributed by atoms with Crippen LogP contribution in [0.15, 0.2) is 306 Å². The Kier molecular flexibility index (Phi) is 9.64. The fraction of sp³-hybridized carbons (Fsp3) is 0.0250. The highest BCUT2D eigenvalue weighted by atomic mass is 16.3. The maximum absolute atomic E-state index is 7.51. The van der Waals surface area contributed by atoms with E-state index >= 15 is 0 Å². The van der Waals surface area contributed by atoms with Gasteiger partial charge in [-0.2, -0.15) is 0 Å². The van der Waals surface area contributed by atoms with Crippen LogP contribution in [0.4, 0.5) is 17.1 Å². The highest BCUT2D eigenvalue weighted by Crippen LogP contribution is 2.64. The van der Waals surface area contributed by atoms with Gasteiger partial charge in [0.15, 0.2) is 0 Å². The Morgan fingerprint density at radius 3 is 1.36 bits per heavy atom. The summed E-state index contributed by atoms with van der Waals surface area (Å²) in [5.74, 6) is 0. The number of hydrogen-bond donors (Lipinski definition) is 0. The molecular formula is C80H49NO2. The molecule has 3 heteroatoms. The van der Waals surface area contributed by atoms with Crippen molar-refractivity contribution in [1.29, 1.82) is 0 Å². The van der Waals surface area contributed by atoms with Crippen molar-refractivity contribution in [2.75, 3.05) is 4.90 Å². The normalized spacial score (nSPS) is 13.7. The second kappa shape index (κ2) is 17.4. The summed E-state index contributed by atoms with van der Waals surface area (Å²) in [7, 11) is 0. The summed E-state index contributed by atoms with van der Waals surface area (Å²) in [6, 6.07) is 109. The molecule has 0 fully saturated rings.